The molecule has 2 aromatic rings. The van der Waals surface area contributed by atoms with Crippen LogP contribution >= 0.6 is 11.6 Å². The molecular weight excluding hydrogens is 494 g/mol. The highest BCUT2D eigenvalue weighted by Gasteiger charge is 2.55. The third-order valence-electron chi connectivity index (χ3n) is 4.60. The molecule has 1 aliphatic heterocycles. The number of anilines is 1. The summed E-state index contributed by atoms with van der Waals surface area (Å²) < 4.78 is 22.5. The topological polar surface area (TPSA) is 198 Å². The highest BCUT2D eigenvalue weighted by atomic mass is 35.5. The molecule has 35 heavy (non-hydrogen) atoms. The molecule has 0 unspecified atom stereocenters. The Morgan fingerprint density at radius 3 is 2.09 bits per heavy atom. The second kappa shape index (κ2) is 10.2. The molecule has 0 saturated carbocycles. The van der Waals surface area contributed by atoms with Crippen molar-refractivity contribution in [2.75, 3.05) is 5.32 Å². The fourth-order valence-electron chi connectivity index (χ4n) is 3.49. The molecule has 1 fully saturated rings. The van der Waals surface area contributed by atoms with Gasteiger partial charge in [-0.2, -0.15) is 9.97 Å². The third kappa shape index (κ3) is 5.63. The predicted octanol–water partition coefficient (Wildman–Crippen LogP) is 0.215. The van der Waals surface area contributed by atoms with E-state index in [0.29, 0.717) is 0 Å². The fraction of sp³-hybridized carbons (Fsp3) is 0.474. The Hall–Kier alpha value is -3.85. The lowest BCUT2D eigenvalue weighted by Crippen LogP contribution is -2.61. The minimum absolute atomic E-state index is 0.0347. The van der Waals surface area contributed by atoms with Gasteiger partial charge in [0.05, 0.1) is 6.33 Å². The van der Waals surface area contributed by atoms with E-state index in [0.717, 1.165) is 31.7 Å². The number of halogens is 1. The smallest absolute Gasteiger partial charge is 0.337 e. The molecule has 3 rings (SSSR count). The van der Waals surface area contributed by atoms with Crippen LogP contribution in [0.5, 0.6) is 0 Å². The Bertz CT molecular complexity index is 1200. The molecule has 0 aromatic carbocycles. The number of aromatic nitrogens is 4. The van der Waals surface area contributed by atoms with Crippen molar-refractivity contribution in [3.63, 3.8) is 0 Å². The van der Waals surface area contributed by atoms with Gasteiger partial charge in [0.25, 0.3) is 0 Å². The number of aliphatic carboxylic acids is 1. The summed E-state index contributed by atoms with van der Waals surface area (Å²) in [5, 5.41) is 12.0. The van der Waals surface area contributed by atoms with Crippen LogP contribution in [0.15, 0.2) is 6.33 Å². The normalized spacial score (nSPS) is 23.9. The quantitative estimate of drug-likeness (QED) is 0.302. The molecule has 16 heteroatoms. The maximum absolute atomic E-state index is 12.0. The number of fused-ring (bicyclic) bond motifs is 1. The van der Waals surface area contributed by atoms with Gasteiger partial charge in [0.15, 0.2) is 41.4 Å². The second-order valence-electron chi connectivity index (χ2n) is 7.35. The summed E-state index contributed by atoms with van der Waals surface area (Å²) in [4.78, 5) is 71.1. The van der Waals surface area contributed by atoms with Crippen molar-refractivity contribution in [3.05, 3.63) is 11.5 Å². The molecular formula is C19H20ClN5O10. The van der Waals surface area contributed by atoms with Gasteiger partial charge in [-0.25, -0.2) is 9.78 Å². The number of carboxylic acid groups (broad SMARTS) is 1. The minimum atomic E-state index is -1.86. The molecule has 1 amide bonds. The van der Waals surface area contributed by atoms with Gasteiger partial charge in [-0.15, -0.1) is 0 Å². The van der Waals surface area contributed by atoms with E-state index < -0.39 is 60.4 Å². The first-order valence-corrected chi connectivity index (χ1v) is 10.3. The number of hydrogen-bond acceptors (Lipinski definition) is 12. The summed E-state index contributed by atoms with van der Waals surface area (Å²) in [5.41, 5.74) is 0.0107. The highest BCUT2D eigenvalue weighted by Crippen LogP contribution is 2.36. The Balaban J connectivity index is 2.20. The van der Waals surface area contributed by atoms with E-state index in [1.165, 1.54) is 6.92 Å². The van der Waals surface area contributed by atoms with Crippen molar-refractivity contribution >= 4 is 58.5 Å². The Morgan fingerprint density at radius 1 is 0.971 bits per heavy atom. The largest absolute Gasteiger partial charge is 0.479 e. The molecule has 0 spiro atoms. The van der Waals surface area contributed by atoms with Crippen LogP contribution in [0, 0.1) is 0 Å². The van der Waals surface area contributed by atoms with E-state index in [9.17, 15) is 29.1 Å². The molecule has 3 heterocycles. The summed E-state index contributed by atoms with van der Waals surface area (Å²) >= 11 is 6.15. The van der Waals surface area contributed by atoms with E-state index in [4.69, 9.17) is 30.5 Å². The van der Waals surface area contributed by atoms with Crippen molar-refractivity contribution in [1.29, 1.82) is 0 Å². The van der Waals surface area contributed by atoms with Crippen LogP contribution in [-0.4, -0.2) is 78.8 Å². The summed E-state index contributed by atoms with van der Waals surface area (Å²) in [5.74, 6) is -4.86. The molecule has 5 atom stereocenters. The molecule has 0 radical (unpaired) electrons. The van der Waals surface area contributed by atoms with Crippen molar-refractivity contribution in [3.8, 4) is 0 Å². The van der Waals surface area contributed by atoms with Crippen molar-refractivity contribution < 1.29 is 48.0 Å². The fourth-order valence-corrected chi connectivity index (χ4v) is 3.71. The Kier molecular flexibility index (Phi) is 7.50. The van der Waals surface area contributed by atoms with Crippen molar-refractivity contribution in [2.45, 2.75) is 58.3 Å². The molecule has 188 valence electrons. The average molecular weight is 514 g/mol. The third-order valence-corrected chi connectivity index (χ3v) is 4.87. The van der Waals surface area contributed by atoms with Crippen LogP contribution in [0.25, 0.3) is 11.2 Å². The van der Waals surface area contributed by atoms with E-state index in [-0.39, 0.29) is 22.3 Å². The molecule has 1 saturated heterocycles. The van der Waals surface area contributed by atoms with Gasteiger partial charge in [-0.05, 0) is 0 Å². The zero-order valence-electron chi connectivity index (χ0n) is 18.8. The number of carbonyl (C=O) groups excluding carboxylic acids is 4. The summed E-state index contributed by atoms with van der Waals surface area (Å²) in [6, 6.07) is 0. The monoisotopic (exact) mass is 513 g/mol. The summed E-state index contributed by atoms with van der Waals surface area (Å²) in [6.07, 6.45) is -6.99. The molecule has 0 bridgehead atoms. The Labute approximate surface area is 201 Å². The number of ether oxygens (including phenoxy) is 4. The van der Waals surface area contributed by atoms with E-state index in [2.05, 4.69) is 20.3 Å². The number of nitrogens with zero attached hydrogens (tertiary/aromatic N) is 4. The number of imidazole rings is 1. The van der Waals surface area contributed by atoms with E-state index in [1.807, 2.05) is 0 Å². The molecule has 2 aromatic heterocycles. The first-order valence-electron chi connectivity index (χ1n) is 9.96. The summed E-state index contributed by atoms with van der Waals surface area (Å²) in [7, 11) is 0. The number of carboxylic acids is 1. The zero-order valence-corrected chi connectivity index (χ0v) is 19.5. The first-order chi connectivity index (χ1) is 16.4. The predicted molar refractivity (Wildman–Crippen MR) is 113 cm³/mol. The second-order valence-corrected chi connectivity index (χ2v) is 7.71. The van der Waals surface area contributed by atoms with Crippen LogP contribution in [0.1, 0.15) is 33.9 Å². The van der Waals surface area contributed by atoms with Gasteiger partial charge in [-0.3, -0.25) is 29.1 Å². The number of carbonyl (C=O) groups is 5. The maximum atomic E-state index is 12.0. The van der Waals surface area contributed by atoms with Crippen LogP contribution in [0.4, 0.5) is 5.95 Å². The number of hydrogen-bond donors (Lipinski definition) is 2. The van der Waals surface area contributed by atoms with Gasteiger partial charge >= 0.3 is 23.9 Å². The van der Waals surface area contributed by atoms with Crippen LogP contribution < -0.4 is 5.32 Å². The van der Waals surface area contributed by atoms with Gasteiger partial charge in [-0.1, -0.05) is 11.6 Å². The lowest BCUT2D eigenvalue weighted by molar-refractivity contribution is -0.262. The van der Waals surface area contributed by atoms with Crippen LogP contribution in [0.2, 0.25) is 5.15 Å². The van der Waals surface area contributed by atoms with Crippen LogP contribution in [0.3, 0.4) is 0 Å². The Morgan fingerprint density at radius 2 is 1.54 bits per heavy atom. The lowest BCUT2D eigenvalue weighted by Gasteiger charge is -2.43. The molecule has 0 aliphatic carbocycles. The van der Waals surface area contributed by atoms with E-state index >= 15 is 0 Å². The van der Waals surface area contributed by atoms with Crippen molar-refractivity contribution in [1.82, 2.24) is 19.5 Å². The average Bonchev–Trinajstić information content (AvgIpc) is 3.13. The molecule has 2 N–H and O–H groups in total. The SMILES string of the molecule is CC(=O)Nc1nc(Cl)c2ncn([C@@H]3O[C@H](C(=O)O)[C@@H](OC(C)=O)[C@H](OC(C)=O)[C@H]3OC(C)=O)c2n1. The van der Waals surface area contributed by atoms with Crippen LogP contribution in [-0.2, 0) is 42.9 Å². The lowest BCUT2D eigenvalue weighted by atomic mass is 9.96. The summed E-state index contributed by atoms with van der Waals surface area (Å²) in [6.45, 7) is 4.33. The number of esters is 3. The number of nitrogens with one attached hydrogen (secondary N) is 1. The van der Waals surface area contributed by atoms with Gasteiger partial charge in [0.1, 0.15) is 5.52 Å². The molecule has 1 aliphatic rings. The highest BCUT2D eigenvalue weighted by molar-refractivity contribution is 6.33. The van der Waals surface area contributed by atoms with E-state index in [1.54, 1.807) is 0 Å². The van der Waals surface area contributed by atoms with Gasteiger partial charge in [0.2, 0.25) is 11.9 Å². The standard InChI is InChI=1S/C19H20ClN5O10/c1-6(26)22-19-23-15(20)10-16(24-19)25(5-21-10)17-13(34-9(4)29)11(32-7(2)27)12(33-8(3)28)14(35-17)18(30)31/h5,11-14,17H,1-4H3,(H,30,31)(H,22,23,24,26)/t11-,12-,13+,14-,17+/m0/s1. The van der Waals surface area contributed by atoms with Gasteiger partial charge < -0.3 is 24.1 Å². The van der Waals surface area contributed by atoms with Crippen molar-refractivity contribution in [2.24, 2.45) is 0 Å². The first kappa shape index (κ1) is 25.8. The number of amides is 1. The maximum Gasteiger partial charge on any atom is 0.337 e. The van der Waals surface area contributed by atoms with Gasteiger partial charge in [0, 0.05) is 27.7 Å². The zero-order chi connectivity index (χ0) is 26.0. The molecule has 15 nitrogen and oxygen atoms in total. The number of rotatable bonds is 6. The minimum Gasteiger partial charge on any atom is -0.479 e.